The Kier molecular flexibility index (Phi) is 3.68. The monoisotopic (exact) mass is 210 g/mol. The molecule has 2 fully saturated rings. The molecule has 0 amide bonds. The van der Waals surface area contributed by atoms with Gasteiger partial charge in [0, 0.05) is 31.7 Å². The van der Waals surface area contributed by atoms with Crippen LogP contribution in [0.15, 0.2) is 0 Å². The zero-order valence-electron chi connectivity index (χ0n) is 10.4. The first kappa shape index (κ1) is 11.4. The Bertz CT molecular complexity index is 189. The molecule has 1 N–H and O–H groups in total. The van der Waals surface area contributed by atoms with Crippen LogP contribution in [0.2, 0.25) is 0 Å². The summed E-state index contributed by atoms with van der Waals surface area (Å²) in [4.78, 5) is 2.79. The summed E-state index contributed by atoms with van der Waals surface area (Å²) in [5, 5.41) is 3.47. The summed E-state index contributed by atoms with van der Waals surface area (Å²) >= 11 is 0. The normalized spacial score (nSPS) is 27.4. The van der Waals surface area contributed by atoms with Crippen LogP contribution in [0.1, 0.15) is 46.0 Å². The lowest BCUT2D eigenvalue weighted by atomic mass is 9.85. The molecule has 15 heavy (non-hydrogen) atoms. The smallest absolute Gasteiger partial charge is 0.0213 e. The third-order valence-electron chi connectivity index (χ3n) is 4.11. The molecule has 0 unspecified atom stereocenters. The minimum absolute atomic E-state index is 0.580. The predicted octanol–water partition coefficient (Wildman–Crippen LogP) is 2.25. The Hall–Kier alpha value is -0.0800. The van der Waals surface area contributed by atoms with E-state index in [0.717, 1.165) is 5.92 Å². The summed E-state index contributed by atoms with van der Waals surface area (Å²) < 4.78 is 0. The largest absolute Gasteiger partial charge is 0.314 e. The van der Waals surface area contributed by atoms with Gasteiger partial charge in [0.1, 0.15) is 0 Å². The number of nitrogens with one attached hydrogen (secondary N) is 1. The van der Waals surface area contributed by atoms with E-state index in [1.807, 2.05) is 0 Å². The average Bonchev–Trinajstić information content (AvgIpc) is 2.68. The number of piperazine rings is 1. The van der Waals surface area contributed by atoms with Crippen molar-refractivity contribution in [3.8, 4) is 0 Å². The maximum Gasteiger partial charge on any atom is 0.0213 e. The topological polar surface area (TPSA) is 15.3 Å². The molecule has 0 spiro atoms. The Morgan fingerprint density at radius 1 is 1.13 bits per heavy atom. The summed E-state index contributed by atoms with van der Waals surface area (Å²) in [6, 6.07) is 0. The Labute approximate surface area is 94.4 Å². The Morgan fingerprint density at radius 2 is 1.73 bits per heavy atom. The molecule has 1 aliphatic heterocycles. The lowest BCUT2D eigenvalue weighted by Gasteiger charge is -2.45. The van der Waals surface area contributed by atoms with Crippen LogP contribution in [-0.2, 0) is 0 Å². The first-order valence-corrected chi connectivity index (χ1v) is 6.69. The molecule has 2 heteroatoms. The van der Waals surface area contributed by atoms with E-state index in [0.29, 0.717) is 5.54 Å². The van der Waals surface area contributed by atoms with Gasteiger partial charge >= 0.3 is 0 Å². The van der Waals surface area contributed by atoms with E-state index in [-0.39, 0.29) is 0 Å². The van der Waals surface area contributed by atoms with Crippen LogP contribution in [0.4, 0.5) is 0 Å². The highest BCUT2D eigenvalue weighted by atomic mass is 15.2. The lowest BCUT2D eigenvalue weighted by molar-refractivity contribution is 0.0590. The van der Waals surface area contributed by atoms with E-state index in [2.05, 4.69) is 24.1 Å². The highest BCUT2D eigenvalue weighted by molar-refractivity contribution is 4.96. The van der Waals surface area contributed by atoms with Crippen molar-refractivity contribution in [2.24, 2.45) is 5.92 Å². The minimum atomic E-state index is 0.580. The molecule has 0 aromatic carbocycles. The molecule has 1 saturated carbocycles. The maximum atomic E-state index is 3.47. The van der Waals surface area contributed by atoms with Crippen LogP contribution < -0.4 is 5.32 Å². The average molecular weight is 210 g/mol. The third kappa shape index (κ3) is 2.54. The quantitative estimate of drug-likeness (QED) is 0.768. The second-order valence-corrected chi connectivity index (χ2v) is 5.77. The summed E-state index contributed by atoms with van der Waals surface area (Å²) in [6.07, 6.45) is 7.22. The van der Waals surface area contributed by atoms with Crippen LogP contribution in [0.3, 0.4) is 0 Å². The van der Waals surface area contributed by atoms with Gasteiger partial charge in [0.05, 0.1) is 0 Å². The van der Waals surface area contributed by atoms with Crippen molar-refractivity contribution in [2.45, 2.75) is 51.5 Å². The molecule has 1 aliphatic carbocycles. The van der Waals surface area contributed by atoms with E-state index in [1.54, 1.807) is 0 Å². The number of hydrogen-bond donors (Lipinski definition) is 1. The van der Waals surface area contributed by atoms with Gasteiger partial charge in [-0.05, 0) is 25.2 Å². The SMILES string of the molecule is CC(C)CC1(N2CCNCC2)CCCC1. The zero-order valence-corrected chi connectivity index (χ0v) is 10.4. The molecule has 2 nitrogen and oxygen atoms in total. The zero-order chi connectivity index (χ0) is 10.7. The number of rotatable bonds is 3. The van der Waals surface area contributed by atoms with Crippen molar-refractivity contribution in [2.75, 3.05) is 26.2 Å². The molecule has 0 atom stereocenters. The Morgan fingerprint density at radius 3 is 2.27 bits per heavy atom. The predicted molar refractivity (Wildman–Crippen MR) is 65.1 cm³/mol. The minimum Gasteiger partial charge on any atom is -0.314 e. The fourth-order valence-corrected chi connectivity index (χ4v) is 3.58. The molecule has 88 valence electrons. The first-order chi connectivity index (χ1) is 7.23. The molecule has 2 aliphatic rings. The molecular formula is C13H26N2. The van der Waals surface area contributed by atoms with Crippen LogP contribution in [0.25, 0.3) is 0 Å². The van der Waals surface area contributed by atoms with Crippen LogP contribution >= 0.6 is 0 Å². The van der Waals surface area contributed by atoms with Crippen LogP contribution in [0, 0.1) is 5.92 Å². The van der Waals surface area contributed by atoms with Crippen molar-refractivity contribution < 1.29 is 0 Å². The number of nitrogens with zero attached hydrogens (tertiary/aromatic N) is 1. The van der Waals surface area contributed by atoms with Gasteiger partial charge in [-0.3, -0.25) is 4.90 Å². The van der Waals surface area contributed by atoms with E-state index in [9.17, 15) is 0 Å². The molecule has 1 saturated heterocycles. The summed E-state index contributed by atoms with van der Waals surface area (Å²) in [5.74, 6) is 0.845. The molecule has 1 heterocycles. The maximum absolute atomic E-state index is 3.47. The second kappa shape index (κ2) is 4.84. The van der Waals surface area contributed by atoms with Gasteiger partial charge in [-0.2, -0.15) is 0 Å². The van der Waals surface area contributed by atoms with Gasteiger partial charge in [0.15, 0.2) is 0 Å². The van der Waals surface area contributed by atoms with E-state index in [1.165, 1.54) is 58.3 Å². The van der Waals surface area contributed by atoms with Gasteiger partial charge in [-0.1, -0.05) is 26.7 Å². The van der Waals surface area contributed by atoms with Crippen molar-refractivity contribution in [1.82, 2.24) is 10.2 Å². The molecule has 0 aromatic rings. The van der Waals surface area contributed by atoms with Crippen LogP contribution in [-0.4, -0.2) is 36.6 Å². The third-order valence-corrected chi connectivity index (χ3v) is 4.11. The molecule has 0 aromatic heterocycles. The van der Waals surface area contributed by atoms with Crippen LogP contribution in [0.5, 0.6) is 0 Å². The van der Waals surface area contributed by atoms with Crippen molar-refractivity contribution >= 4 is 0 Å². The van der Waals surface area contributed by atoms with Gasteiger partial charge < -0.3 is 5.32 Å². The standard InChI is InChI=1S/C13H26N2/c1-12(2)11-13(5-3-4-6-13)15-9-7-14-8-10-15/h12,14H,3-11H2,1-2H3. The summed E-state index contributed by atoms with van der Waals surface area (Å²) in [6.45, 7) is 9.68. The first-order valence-electron chi connectivity index (χ1n) is 6.69. The fraction of sp³-hybridized carbons (Fsp3) is 1.00. The van der Waals surface area contributed by atoms with Gasteiger partial charge in [-0.15, -0.1) is 0 Å². The Balaban J connectivity index is 2.03. The van der Waals surface area contributed by atoms with Gasteiger partial charge in [-0.25, -0.2) is 0 Å². The lowest BCUT2D eigenvalue weighted by Crippen LogP contribution is -2.55. The molecule has 2 rings (SSSR count). The fourth-order valence-electron chi connectivity index (χ4n) is 3.58. The summed E-state index contributed by atoms with van der Waals surface area (Å²) in [5.41, 5.74) is 0.580. The van der Waals surface area contributed by atoms with Crippen molar-refractivity contribution in [3.63, 3.8) is 0 Å². The van der Waals surface area contributed by atoms with E-state index in [4.69, 9.17) is 0 Å². The van der Waals surface area contributed by atoms with E-state index >= 15 is 0 Å². The highest BCUT2D eigenvalue weighted by Crippen LogP contribution is 2.40. The number of hydrogen-bond acceptors (Lipinski definition) is 2. The molecule has 0 radical (unpaired) electrons. The second-order valence-electron chi connectivity index (χ2n) is 5.77. The molecule has 0 bridgehead atoms. The summed E-state index contributed by atoms with van der Waals surface area (Å²) in [7, 11) is 0. The van der Waals surface area contributed by atoms with Gasteiger partial charge in [0.2, 0.25) is 0 Å². The van der Waals surface area contributed by atoms with Crippen molar-refractivity contribution in [3.05, 3.63) is 0 Å². The van der Waals surface area contributed by atoms with Crippen molar-refractivity contribution in [1.29, 1.82) is 0 Å². The van der Waals surface area contributed by atoms with E-state index < -0.39 is 0 Å². The highest BCUT2D eigenvalue weighted by Gasteiger charge is 2.39. The van der Waals surface area contributed by atoms with Gasteiger partial charge in [0.25, 0.3) is 0 Å². The molecular weight excluding hydrogens is 184 g/mol.